The van der Waals surface area contributed by atoms with Gasteiger partial charge in [0, 0.05) is 0 Å². The number of aryl methyl sites for hydroxylation is 2. The highest BCUT2D eigenvalue weighted by atomic mass is 16.3. The molecule has 4 N–H and O–H groups in total. The molecule has 0 radical (unpaired) electrons. The molecule has 0 aliphatic rings. The minimum absolute atomic E-state index is 0.271. The van der Waals surface area contributed by atoms with E-state index >= 15 is 0 Å². The van der Waals surface area contributed by atoms with Gasteiger partial charge in [-0.2, -0.15) is 0 Å². The Labute approximate surface area is 102 Å². The van der Waals surface area contributed by atoms with Crippen molar-refractivity contribution >= 4 is 5.91 Å². The fraction of sp³-hybridized carbons (Fsp3) is 0.462. The second-order valence-electron chi connectivity index (χ2n) is 4.29. The summed E-state index contributed by atoms with van der Waals surface area (Å²) in [5.74, 6) is -0.129. The van der Waals surface area contributed by atoms with Gasteiger partial charge in [0.25, 0.3) is 0 Å². The second kappa shape index (κ2) is 5.68. The van der Waals surface area contributed by atoms with E-state index in [4.69, 9.17) is 5.73 Å². The SMILES string of the molecule is CCCNC(C(N)=O)c1cc(C)c(O)c(C)c1. The third kappa shape index (κ3) is 3.20. The van der Waals surface area contributed by atoms with Gasteiger partial charge in [0.05, 0.1) is 0 Å². The zero-order valence-electron chi connectivity index (χ0n) is 10.6. The summed E-state index contributed by atoms with van der Waals surface area (Å²) in [6.07, 6.45) is 0.930. The number of hydrogen-bond acceptors (Lipinski definition) is 3. The van der Waals surface area contributed by atoms with Gasteiger partial charge in [0.1, 0.15) is 11.8 Å². The van der Waals surface area contributed by atoms with E-state index in [2.05, 4.69) is 5.32 Å². The largest absolute Gasteiger partial charge is 0.507 e. The van der Waals surface area contributed by atoms with Crippen molar-refractivity contribution in [2.75, 3.05) is 6.54 Å². The Hall–Kier alpha value is -1.55. The molecule has 0 spiro atoms. The number of benzene rings is 1. The molecule has 1 aromatic rings. The first-order valence-electron chi connectivity index (χ1n) is 5.80. The molecular formula is C13H20N2O2. The van der Waals surface area contributed by atoms with Gasteiger partial charge in [-0.1, -0.05) is 19.1 Å². The van der Waals surface area contributed by atoms with Gasteiger partial charge in [-0.15, -0.1) is 0 Å². The van der Waals surface area contributed by atoms with Gasteiger partial charge in [-0.25, -0.2) is 0 Å². The number of hydrogen-bond donors (Lipinski definition) is 3. The van der Waals surface area contributed by atoms with Crippen molar-refractivity contribution in [2.45, 2.75) is 33.2 Å². The van der Waals surface area contributed by atoms with Gasteiger partial charge < -0.3 is 16.2 Å². The maximum Gasteiger partial charge on any atom is 0.239 e. The maximum absolute atomic E-state index is 11.4. The highest BCUT2D eigenvalue weighted by Gasteiger charge is 2.18. The third-order valence-electron chi connectivity index (χ3n) is 2.73. The Bertz CT molecular complexity index is 393. The summed E-state index contributed by atoms with van der Waals surface area (Å²) < 4.78 is 0. The number of aromatic hydroxyl groups is 1. The minimum Gasteiger partial charge on any atom is -0.507 e. The van der Waals surface area contributed by atoms with Gasteiger partial charge in [-0.05, 0) is 43.5 Å². The van der Waals surface area contributed by atoms with E-state index in [1.54, 1.807) is 12.1 Å². The second-order valence-corrected chi connectivity index (χ2v) is 4.29. The lowest BCUT2D eigenvalue weighted by atomic mass is 9.99. The summed E-state index contributed by atoms with van der Waals surface area (Å²) in [5.41, 5.74) is 7.70. The summed E-state index contributed by atoms with van der Waals surface area (Å²) in [7, 11) is 0. The quantitative estimate of drug-likeness (QED) is 0.725. The van der Waals surface area contributed by atoms with E-state index in [1.807, 2.05) is 20.8 Å². The topological polar surface area (TPSA) is 75.3 Å². The lowest BCUT2D eigenvalue weighted by molar-refractivity contribution is -0.120. The minimum atomic E-state index is -0.493. The molecule has 0 saturated carbocycles. The van der Waals surface area contributed by atoms with Crippen molar-refractivity contribution < 1.29 is 9.90 Å². The molecule has 0 saturated heterocycles. The average molecular weight is 236 g/mol. The fourth-order valence-corrected chi connectivity index (χ4v) is 1.83. The molecule has 0 aliphatic heterocycles. The summed E-state index contributed by atoms with van der Waals surface area (Å²) in [6, 6.07) is 3.09. The number of carbonyl (C=O) groups is 1. The van der Waals surface area contributed by atoms with E-state index in [-0.39, 0.29) is 5.75 Å². The Morgan fingerprint density at radius 2 is 1.94 bits per heavy atom. The van der Waals surface area contributed by atoms with Gasteiger partial charge in [0.15, 0.2) is 0 Å². The Balaban J connectivity index is 3.06. The zero-order valence-corrected chi connectivity index (χ0v) is 10.6. The van der Waals surface area contributed by atoms with Crippen LogP contribution in [-0.2, 0) is 4.79 Å². The third-order valence-corrected chi connectivity index (χ3v) is 2.73. The molecule has 94 valence electrons. The number of phenolic OH excluding ortho intramolecular Hbond substituents is 1. The van der Waals surface area contributed by atoms with Crippen LogP contribution in [0.2, 0.25) is 0 Å². The smallest absolute Gasteiger partial charge is 0.239 e. The van der Waals surface area contributed by atoms with E-state index in [9.17, 15) is 9.90 Å². The van der Waals surface area contributed by atoms with Crippen LogP contribution in [0.25, 0.3) is 0 Å². The van der Waals surface area contributed by atoms with Crippen LogP contribution in [-0.4, -0.2) is 17.6 Å². The van der Waals surface area contributed by atoms with Gasteiger partial charge >= 0.3 is 0 Å². The van der Waals surface area contributed by atoms with Crippen LogP contribution < -0.4 is 11.1 Å². The molecule has 1 rings (SSSR count). The molecule has 0 aromatic heterocycles. The van der Waals surface area contributed by atoms with Crippen molar-refractivity contribution in [1.82, 2.24) is 5.32 Å². The molecule has 1 atom stereocenters. The Morgan fingerprint density at radius 3 is 2.35 bits per heavy atom. The summed E-state index contributed by atoms with van der Waals surface area (Å²) >= 11 is 0. The average Bonchev–Trinajstić information content (AvgIpc) is 2.25. The molecule has 0 heterocycles. The molecule has 0 fully saturated rings. The van der Waals surface area contributed by atoms with E-state index in [0.717, 1.165) is 29.7 Å². The first kappa shape index (κ1) is 13.5. The molecule has 17 heavy (non-hydrogen) atoms. The molecule has 1 amide bonds. The van der Waals surface area contributed by atoms with Crippen LogP contribution >= 0.6 is 0 Å². The Morgan fingerprint density at radius 1 is 1.41 bits per heavy atom. The lowest BCUT2D eigenvalue weighted by Crippen LogP contribution is -2.34. The van der Waals surface area contributed by atoms with Crippen molar-refractivity contribution in [3.63, 3.8) is 0 Å². The number of nitrogens with two attached hydrogens (primary N) is 1. The summed E-state index contributed by atoms with van der Waals surface area (Å²) in [4.78, 5) is 11.4. The monoisotopic (exact) mass is 236 g/mol. The number of rotatable bonds is 5. The number of primary amides is 1. The lowest BCUT2D eigenvalue weighted by Gasteiger charge is -2.17. The predicted octanol–water partition coefficient (Wildman–Crippen LogP) is 1.54. The first-order chi connectivity index (χ1) is 7.97. The number of phenols is 1. The van der Waals surface area contributed by atoms with Crippen molar-refractivity contribution in [3.05, 3.63) is 28.8 Å². The molecule has 4 heteroatoms. The molecule has 4 nitrogen and oxygen atoms in total. The maximum atomic E-state index is 11.4. The van der Waals surface area contributed by atoms with Crippen LogP contribution in [0.1, 0.15) is 36.1 Å². The zero-order chi connectivity index (χ0) is 13.0. The van der Waals surface area contributed by atoms with Gasteiger partial charge in [-0.3, -0.25) is 4.79 Å². The Kier molecular flexibility index (Phi) is 4.52. The molecule has 1 unspecified atom stereocenters. The van der Waals surface area contributed by atoms with Crippen molar-refractivity contribution in [2.24, 2.45) is 5.73 Å². The van der Waals surface area contributed by atoms with Crippen LogP contribution in [0.3, 0.4) is 0 Å². The highest BCUT2D eigenvalue weighted by molar-refractivity contribution is 5.81. The summed E-state index contributed by atoms with van der Waals surface area (Å²) in [6.45, 7) is 6.37. The van der Waals surface area contributed by atoms with Crippen LogP contribution in [0.5, 0.6) is 5.75 Å². The van der Waals surface area contributed by atoms with Crippen molar-refractivity contribution in [3.8, 4) is 5.75 Å². The number of amides is 1. The van der Waals surface area contributed by atoms with Gasteiger partial charge in [0.2, 0.25) is 5.91 Å². The first-order valence-corrected chi connectivity index (χ1v) is 5.80. The normalized spacial score (nSPS) is 12.4. The van der Waals surface area contributed by atoms with Crippen LogP contribution in [0.15, 0.2) is 12.1 Å². The van der Waals surface area contributed by atoms with E-state index in [0.29, 0.717) is 0 Å². The summed E-state index contributed by atoms with van der Waals surface area (Å²) in [5, 5.41) is 12.8. The van der Waals surface area contributed by atoms with E-state index < -0.39 is 11.9 Å². The fourth-order valence-electron chi connectivity index (χ4n) is 1.83. The molecule has 0 aliphatic carbocycles. The highest BCUT2D eigenvalue weighted by Crippen LogP contribution is 2.26. The standard InChI is InChI=1S/C13H20N2O2/c1-4-5-15-11(13(14)17)10-6-8(2)12(16)9(3)7-10/h6-7,11,15-16H,4-5H2,1-3H3,(H2,14,17). The molecular weight excluding hydrogens is 216 g/mol. The van der Waals surface area contributed by atoms with E-state index in [1.165, 1.54) is 0 Å². The predicted molar refractivity (Wildman–Crippen MR) is 67.8 cm³/mol. The molecule has 1 aromatic carbocycles. The van der Waals surface area contributed by atoms with Crippen molar-refractivity contribution in [1.29, 1.82) is 0 Å². The van der Waals surface area contributed by atoms with Crippen LogP contribution in [0.4, 0.5) is 0 Å². The molecule has 0 bridgehead atoms. The number of carbonyl (C=O) groups excluding carboxylic acids is 1. The number of nitrogens with one attached hydrogen (secondary N) is 1. The van der Waals surface area contributed by atoms with Crippen LogP contribution in [0, 0.1) is 13.8 Å².